The van der Waals surface area contributed by atoms with E-state index in [1.807, 2.05) is 30.3 Å². The highest BCUT2D eigenvalue weighted by atomic mass is 35.5. The number of carbonyl (C=O) groups is 1. The summed E-state index contributed by atoms with van der Waals surface area (Å²) in [6.45, 7) is 6.70. The van der Waals surface area contributed by atoms with Crippen LogP contribution in [0.1, 0.15) is 40.7 Å². The van der Waals surface area contributed by atoms with Crippen molar-refractivity contribution in [3.05, 3.63) is 59.2 Å². The largest absolute Gasteiger partial charge is 0.497 e. The summed E-state index contributed by atoms with van der Waals surface area (Å²) in [5.74, 6) is 2.51. The van der Waals surface area contributed by atoms with Crippen LogP contribution in [0, 0.1) is 5.92 Å². The molecule has 2 aliphatic rings. The summed E-state index contributed by atoms with van der Waals surface area (Å²) in [6, 6.07) is 14.3. The van der Waals surface area contributed by atoms with E-state index in [2.05, 4.69) is 29.3 Å². The van der Waals surface area contributed by atoms with Gasteiger partial charge in [-0.15, -0.1) is 12.4 Å². The molecule has 0 saturated carbocycles. The van der Waals surface area contributed by atoms with Crippen LogP contribution in [0.5, 0.6) is 11.5 Å². The first kappa shape index (κ1) is 21.5. The predicted octanol–water partition coefficient (Wildman–Crippen LogP) is 3.86. The molecule has 2 heterocycles. The second kappa shape index (κ2) is 9.51. The summed E-state index contributed by atoms with van der Waals surface area (Å²) >= 11 is 0. The van der Waals surface area contributed by atoms with Gasteiger partial charge in [-0.1, -0.05) is 25.1 Å². The van der Waals surface area contributed by atoms with Crippen LogP contribution in [0.15, 0.2) is 42.5 Å². The average molecular weight is 417 g/mol. The minimum Gasteiger partial charge on any atom is -0.497 e. The summed E-state index contributed by atoms with van der Waals surface area (Å²) in [6.07, 6.45) is 1.16. The molecule has 5 nitrogen and oxygen atoms in total. The molecule has 156 valence electrons. The van der Waals surface area contributed by atoms with Crippen LogP contribution < -0.4 is 14.8 Å². The first-order valence-electron chi connectivity index (χ1n) is 10.1. The Hall–Kier alpha value is -2.24. The van der Waals surface area contributed by atoms with E-state index in [1.54, 1.807) is 7.11 Å². The van der Waals surface area contributed by atoms with Crippen LogP contribution in [0.25, 0.3) is 0 Å². The lowest BCUT2D eigenvalue weighted by Crippen LogP contribution is -2.23. The van der Waals surface area contributed by atoms with Gasteiger partial charge in [0, 0.05) is 37.0 Å². The summed E-state index contributed by atoms with van der Waals surface area (Å²) in [5.41, 5.74) is 3.12. The Kier molecular flexibility index (Phi) is 7.04. The number of nitrogens with zero attached hydrogens (tertiary/aromatic N) is 1. The zero-order chi connectivity index (χ0) is 19.5. The van der Waals surface area contributed by atoms with Gasteiger partial charge in [-0.3, -0.25) is 4.79 Å². The van der Waals surface area contributed by atoms with Gasteiger partial charge in [0.1, 0.15) is 11.5 Å². The third-order valence-corrected chi connectivity index (χ3v) is 5.83. The first-order valence-corrected chi connectivity index (χ1v) is 10.1. The van der Waals surface area contributed by atoms with Crippen molar-refractivity contribution in [2.24, 2.45) is 5.92 Å². The minimum atomic E-state index is -0.00783. The molecular weight excluding hydrogens is 388 g/mol. The molecule has 0 bridgehead atoms. The predicted molar refractivity (Wildman–Crippen MR) is 116 cm³/mol. The van der Waals surface area contributed by atoms with Crippen molar-refractivity contribution in [1.29, 1.82) is 0 Å². The van der Waals surface area contributed by atoms with Gasteiger partial charge < -0.3 is 19.7 Å². The average Bonchev–Trinajstić information content (AvgIpc) is 3.30. The highest BCUT2D eigenvalue weighted by Crippen LogP contribution is 2.34. The number of rotatable bonds is 7. The van der Waals surface area contributed by atoms with Crippen molar-refractivity contribution in [2.75, 3.05) is 33.4 Å². The molecule has 0 unspecified atom stereocenters. The maximum atomic E-state index is 11.9. The Morgan fingerprint density at radius 3 is 2.59 bits per heavy atom. The number of ether oxygens (including phenoxy) is 2. The normalized spacial score (nSPS) is 20.7. The van der Waals surface area contributed by atoms with E-state index in [9.17, 15) is 4.79 Å². The number of likely N-dealkylation sites (tertiary alicyclic amines) is 1. The zero-order valence-corrected chi connectivity index (χ0v) is 17.8. The number of halogens is 1. The standard InChI is InChI=1S/C23H28N2O3.ClH/c1-3-10-25-13-18(22(14-25)16-4-7-19(27-2)8-5-16)15-28-20-9-6-17-12-24-23(26)21(17)11-20;/h4-9,11,18,22H,3,10,12-15H2,1-2H3,(H,24,26);1H/t18-,22-;/m0./s1. The molecule has 0 aliphatic carbocycles. The van der Waals surface area contributed by atoms with E-state index < -0.39 is 0 Å². The van der Waals surface area contributed by atoms with Gasteiger partial charge in [0.25, 0.3) is 5.91 Å². The van der Waals surface area contributed by atoms with Crippen LogP contribution in [0.3, 0.4) is 0 Å². The number of hydrogen-bond acceptors (Lipinski definition) is 4. The third-order valence-electron chi connectivity index (χ3n) is 5.83. The molecular formula is C23H29ClN2O3. The second-order valence-corrected chi connectivity index (χ2v) is 7.71. The number of carbonyl (C=O) groups excluding carboxylic acids is 1. The molecule has 1 amide bonds. The van der Waals surface area contributed by atoms with Gasteiger partial charge >= 0.3 is 0 Å². The molecule has 1 saturated heterocycles. The molecule has 6 heteroatoms. The molecule has 0 spiro atoms. The highest BCUT2D eigenvalue weighted by molar-refractivity contribution is 5.98. The Morgan fingerprint density at radius 2 is 1.86 bits per heavy atom. The van der Waals surface area contributed by atoms with Crippen LogP contribution in [0.4, 0.5) is 0 Å². The van der Waals surface area contributed by atoms with Crippen LogP contribution in [0.2, 0.25) is 0 Å². The maximum Gasteiger partial charge on any atom is 0.252 e. The van der Waals surface area contributed by atoms with E-state index in [4.69, 9.17) is 9.47 Å². The highest BCUT2D eigenvalue weighted by Gasteiger charge is 2.34. The summed E-state index contributed by atoms with van der Waals surface area (Å²) < 4.78 is 11.5. The van der Waals surface area contributed by atoms with Crippen molar-refractivity contribution in [3.63, 3.8) is 0 Å². The van der Waals surface area contributed by atoms with Crippen molar-refractivity contribution in [1.82, 2.24) is 10.2 Å². The van der Waals surface area contributed by atoms with Gasteiger partial charge in [0.2, 0.25) is 0 Å². The fourth-order valence-corrected chi connectivity index (χ4v) is 4.34. The molecule has 1 N–H and O–H groups in total. The Bertz CT molecular complexity index is 841. The Morgan fingerprint density at radius 1 is 1.10 bits per heavy atom. The van der Waals surface area contributed by atoms with E-state index in [0.717, 1.165) is 48.7 Å². The summed E-state index contributed by atoms with van der Waals surface area (Å²) in [7, 11) is 1.70. The monoisotopic (exact) mass is 416 g/mol. The fourth-order valence-electron chi connectivity index (χ4n) is 4.34. The van der Waals surface area contributed by atoms with Crippen molar-refractivity contribution < 1.29 is 14.3 Å². The minimum absolute atomic E-state index is 0. The molecule has 1 fully saturated rings. The van der Waals surface area contributed by atoms with Gasteiger partial charge in [-0.2, -0.15) is 0 Å². The third kappa shape index (κ3) is 4.68. The number of fused-ring (bicyclic) bond motifs is 1. The quantitative estimate of drug-likeness (QED) is 0.744. The Balaban J connectivity index is 0.00000240. The molecule has 0 aromatic heterocycles. The van der Waals surface area contributed by atoms with Gasteiger partial charge in [0.15, 0.2) is 0 Å². The molecule has 2 aromatic rings. The number of methoxy groups -OCH3 is 1. The van der Waals surface area contributed by atoms with Gasteiger partial charge in [0.05, 0.1) is 13.7 Å². The smallest absolute Gasteiger partial charge is 0.252 e. The van der Waals surface area contributed by atoms with Crippen LogP contribution in [-0.4, -0.2) is 44.2 Å². The number of amides is 1. The zero-order valence-electron chi connectivity index (χ0n) is 17.0. The lowest BCUT2D eigenvalue weighted by molar-refractivity contribution is 0.0965. The van der Waals surface area contributed by atoms with Crippen LogP contribution >= 0.6 is 12.4 Å². The van der Waals surface area contributed by atoms with E-state index in [1.165, 1.54) is 5.56 Å². The lowest BCUT2D eigenvalue weighted by Gasteiger charge is -2.20. The van der Waals surface area contributed by atoms with Crippen LogP contribution in [-0.2, 0) is 6.54 Å². The van der Waals surface area contributed by atoms with Crippen molar-refractivity contribution in [2.45, 2.75) is 25.8 Å². The summed E-state index contributed by atoms with van der Waals surface area (Å²) in [4.78, 5) is 14.4. The van der Waals surface area contributed by atoms with E-state index in [0.29, 0.717) is 25.0 Å². The molecule has 0 radical (unpaired) electrons. The van der Waals surface area contributed by atoms with E-state index in [-0.39, 0.29) is 18.3 Å². The fraction of sp³-hybridized carbons (Fsp3) is 0.435. The molecule has 2 aliphatic heterocycles. The molecule has 2 aromatic carbocycles. The second-order valence-electron chi connectivity index (χ2n) is 7.71. The molecule has 2 atom stereocenters. The van der Waals surface area contributed by atoms with Gasteiger partial charge in [-0.25, -0.2) is 0 Å². The summed E-state index contributed by atoms with van der Waals surface area (Å²) in [5, 5.41) is 2.86. The Labute approximate surface area is 178 Å². The lowest BCUT2D eigenvalue weighted by atomic mass is 9.89. The van der Waals surface area contributed by atoms with Crippen molar-refractivity contribution in [3.8, 4) is 11.5 Å². The number of nitrogens with one attached hydrogen (secondary N) is 1. The van der Waals surface area contributed by atoms with Crippen molar-refractivity contribution >= 4 is 18.3 Å². The first-order chi connectivity index (χ1) is 13.7. The number of benzene rings is 2. The van der Waals surface area contributed by atoms with Gasteiger partial charge in [-0.05, 0) is 48.4 Å². The number of hydrogen-bond donors (Lipinski definition) is 1. The topological polar surface area (TPSA) is 50.8 Å². The molecule has 29 heavy (non-hydrogen) atoms. The van der Waals surface area contributed by atoms with E-state index >= 15 is 0 Å². The molecule has 4 rings (SSSR count). The maximum absolute atomic E-state index is 11.9. The SMILES string of the molecule is CCCN1C[C@@H](COc2ccc3c(c2)C(=O)NC3)[C@H](c2ccc(OC)cc2)C1.Cl.